The van der Waals surface area contributed by atoms with E-state index in [1.54, 1.807) is 0 Å². The number of rotatable bonds is 3. The number of anilines is 2. The molecule has 0 radical (unpaired) electrons. The van der Waals surface area contributed by atoms with Gasteiger partial charge in [0, 0.05) is 12.6 Å². The highest BCUT2D eigenvalue weighted by atomic mass is 35.5. The van der Waals surface area contributed by atoms with Crippen LogP contribution in [0.2, 0.25) is 5.02 Å². The van der Waals surface area contributed by atoms with Crippen LogP contribution in [0.15, 0.2) is 6.20 Å². The van der Waals surface area contributed by atoms with E-state index < -0.39 is 0 Å². The SMILES string of the molecule is CCN(c1nc(N)ncc1Cl)C(C)C. The fourth-order valence-electron chi connectivity index (χ4n) is 1.33. The van der Waals surface area contributed by atoms with Gasteiger partial charge in [-0.05, 0) is 20.8 Å². The largest absolute Gasteiger partial charge is 0.368 e. The van der Waals surface area contributed by atoms with E-state index in [1.165, 1.54) is 6.20 Å². The van der Waals surface area contributed by atoms with E-state index in [4.69, 9.17) is 17.3 Å². The summed E-state index contributed by atoms with van der Waals surface area (Å²) in [6.45, 7) is 7.05. The Morgan fingerprint density at radius 2 is 2.21 bits per heavy atom. The summed E-state index contributed by atoms with van der Waals surface area (Å²) in [7, 11) is 0. The first-order chi connectivity index (χ1) is 6.56. The van der Waals surface area contributed by atoms with Gasteiger partial charge in [0.25, 0.3) is 0 Å². The average Bonchev–Trinajstić information content (AvgIpc) is 2.11. The molecule has 1 rings (SSSR count). The molecule has 78 valence electrons. The fraction of sp³-hybridized carbons (Fsp3) is 0.556. The maximum absolute atomic E-state index is 5.99. The molecule has 0 aliphatic carbocycles. The third-order valence-corrected chi connectivity index (χ3v) is 2.25. The second-order valence-electron chi connectivity index (χ2n) is 3.28. The molecule has 0 saturated carbocycles. The van der Waals surface area contributed by atoms with Crippen LogP contribution in [0.5, 0.6) is 0 Å². The number of nitrogens with zero attached hydrogens (tertiary/aromatic N) is 3. The van der Waals surface area contributed by atoms with Gasteiger partial charge in [0.1, 0.15) is 5.02 Å². The molecule has 0 aliphatic rings. The fourth-order valence-corrected chi connectivity index (χ4v) is 1.53. The van der Waals surface area contributed by atoms with Crippen LogP contribution in [-0.2, 0) is 0 Å². The first-order valence-electron chi connectivity index (χ1n) is 4.61. The Morgan fingerprint density at radius 1 is 1.57 bits per heavy atom. The van der Waals surface area contributed by atoms with Crippen LogP contribution in [-0.4, -0.2) is 22.6 Å². The molecule has 5 heteroatoms. The monoisotopic (exact) mass is 214 g/mol. The van der Waals surface area contributed by atoms with Crippen molar-refractivity contribution < 1.29 is 0 Å². The molecule has 0 fully saturated rings. The number of halogens is 1. The van der Waals surface area contributed by atoms with Gasteiger partial charge < -0.3 is 10.6 Å². The lowest BCUT2D eigenvalue weighted by Gasteiger charge is -2.26. The van der Waals surface area contributed by atoms with E-state index in [1.807, 2.05) is 0 Å². The molecular formula is C9H15ClN4. The van der Waals surface area contributed by atoms with Crippen molar-refractivity contribution in [3.05, 3.63) is 11.2 Å². The standard InChI is InChI=1S/C9H15ClN4/c1-4-14(6(2)3)8-7(10)5-12-9(11)13-8/h5-6H,4H2,1-3H3,(H2,11,12,13). The Labute approximate surface area is 89.1 Å². The minimum absolute atomic E-state index is 0.253. The zero-order valence-electron chi connectivity index (χ0n) is 8.66. The van der Waals surface area contributed by atoms with Gasteiger partial charge >= 0.3 is 0 Å². The van der Waals surface area contributed by atoms with Gasteiger partial charge in [-0.2, -0.15) is 4.98 Å². The van der Waals surface area contributed by atoms with Crippen molar-refractivity contribution in [2.24, 2.45) is 0 Å². The molecule has 0 saturated heterocycles. The zero-order valence-corrected chi connectivity index (χ0v) is 9.41. The molecule has 14 heavy (non-hydrogen) atoms. The minimum Gasteiger partial charge on any atom is -0.368 e. The Balaban J connectivity index is 3.08. The first kappa shape index (κ1) is 11.0. The Bertz CT molecular complexity index is 314. The van der Waals surface area contributed by atoms with Crippen molar-refractivity contribution in [2.45, 2.75) is 26.8 Å². The van der Waals surface area contributed by atoms with Crippen LogP contribution < -0.4 is 10.6 Å². The van der Waals surface area contributed by atoms with Crippen molar-refractivity contribution in [3.63, 3.8) is 0 Å². The van der Waals surface area contributed by atoms with Crippen LogP contribution in [0, 0.1) is 0 Å². The van der Waals surface area contributed by atoms with Crippen LogP contribution in [0.25, 0.3) is 0 Å². The van der Waals surface area contributed by atoms with Gasteiger partial charge in [0.05, 0.1) is 6.20 Å². The third-order valence-electron chi connectivity index (χ3n) is 1.98. The number of aromatic nitrogens is 2. The molecule has 1 heterocycles. The topological polar surface area (TPSA) is 55.0 Å². The minimum atomic E-state index is 0.253. The molecule has 4 nitrogen and oxygen atoms in total. The van der Waals surface area contributed by atoms with Crippen molar-refractivity contribution in [3.8, 4) is 0 Å². The van der Waals surface area contributed by atoms with E-state index in [2.05, 4.69) is 35.6 Å². The summed E-state index contributed by atoms with van der Waals surface area (Å²) in [5, 5.41) is 0.537. The molecule has 0 aromatic carbocycles. The van der Waals surface area contributed by atoms with E-state index in [0.29, 0.717) is 16.9 Å². The summed E-state index contributed by atoms with van der Waals surface area (Å²) in [6, 6.07) is 0.340. The van der Waals surface area contributed by atoms with Crippen LogP contribution >= 0.6 is 11.6 Å². The number of nitrogen functional groups attached to an aromatic ring is 1. The van der Waals surface area contributed by atoms with E-state index in [-0.39, 0.29) is 5.95 Å². The number of hydrogen-bond acceptors (Lipinski definition) is 4. The van der Waals surface area contributed by atoms with Crippen molar-refractivity contribution in [1.82, 2.24) is 9.97 Å². The molecule has 0 amide bonds. The molecule has 2 N–H and O–H groups in total. The normalized spacial score (nSPS) is 10.6. The molecule has 0 unspecified atom stereocenters. The van der Waals surface area contributed by atoms with E-state index in [9.17, 15) is 0 Å². The average molecular weight is 215 g/mol. The van der Waals surface area contributed by atoms with Gasteiger partial charge in [-0.1, -0.05) is 11.6 Å². The highest BCUT2D eigenvalue weighted by molar-refractivity contribution is 6.32. The summed E-state index contributed by atoms with van der Waals surface area (Å²) < 4.78 is 0. The molecule has 1 aromatic rings. The van der Waals surface area contributed by atoms with Crippen molar-refractivity contribution >= 4 is 23.4 Å². The van der Waals surface area contributed by atoms with E-state index >= 15 is 0 Å². The lowest BCUT2D eigenvalue weighted by atomic mass is 10.3. The lowest BCUT2D eigenvalue weighted by Crippen LogP contribution is -2.31. The predicted octanol–water partition coefficient (Wildman–Crippen LogP) is 1.95. The summed E-state index contributed by atoms with van der Waals surface area (Å²) in [5.41, 5.74) is 5.51. The molecule has 0 spiro atoms. The smallest absolute Gasteiger partial charge is 0.222 e. The predicted molar refractivity (Wildman–Crippen MR) is 59.6 cm³/mol. The first-order valence-corrected chi connectivity index (χ1v) is 4.98. The third kappa shape index (κ3) is 2.26. The maximum atomic E-state index is 5.99. The highest BCUT2D eigenvalue weighted by Crippen LogP contribution is 2.24. The Morgan fingerprint density at radius 3 is 2.71 bits per heavy atom. The second kappa shape index (κ2) is 4.46. The molecule has 0 aliphatic heterocycles. The maximum Gasteiger partial charge on any atom is 0.222 e. The summed E-state index contributed by atoms with van der Waals surface area (Å²) in [4.78, 5) is 10.0. The van der Waals surface area contributed by atoms with Gasteiger partial charge in [-0.15, -0.1) is 0 Å². The molecule has 0 atom stereocenters. The lowest BCUT2D eigenvalue weighted by molar-refractivity contribution is 0.693. The van der Waals surface area contributed by atoms with Crippen LogP contribution in [0.4, 0.5) is 11.8 Å². The van der Waals surface area contributed by atoms with Gasteiger partial charge in [-0.3, -0.25) is 0 Å². The van der Waals surface area contributed by atoms with Gasteiger partial charge in [0.2, 0.25) is 5.95 Å². The summed E-state index contributed by atoms with van der Waals surface area (Å²) in [5.74, 6) is 0.958. The van der Waals surface area contributed by atoms with Crippen LogP contribution in [0.1, 0.15) is 20.8 Å². The van der Waals surface area contributed by atoms with E-state index in [0.717, 1.165) is 6.54 Å². The summed E-state index contributed by atoms with van der Waals surface area (Å²) >= 11 is 5.99. The Kier molecular flexibility index (Phi) is 3.52. The highest BCUT2D eigenvalue weighted by Gasteiger charge is 2.14. The molecule has 0 bridgehead atoms. The van der Waals surface area contributed by atoms with Crippen molar-refractivity contribution in [2.75, 3.05) is 17.2 Å². The van der Waals surface area contributed by atoms with Crippen molar-refractivity contribution in [1.29, 1.82) is 0 Å². The molecule has 1 aromatic heterocycles. The zero-order chi connectivity index (χ0) is 10.7. The number of hydrogen-bond donors (Lipinski definition) is 1. The van der Waals surface area contributed by atoms with Gasteiger partial charge in [-0.25, -0.2) is 4.98 Å². The Hall–Kier alpha value is -1.03. The van der Waals surface area contributed by atoms with Gasteiger partial charge in [0.15, 0.2) is 5.82 Å². The molecular weight excluding hydrogens is 200 g/mol. The van der Waals surface area contributed by atoms with Crippen LogP contribution in [0.3, 0.4) is 0 Å². The number of nitrogens with two attached hydrogens (primary N) is 1. The second-order valence-corrected chi connectivity index (χ2v) is 3.69. The summed E-state index contributed by atoms with van der Waals surface area (Å²) in [6.07, 6.45) is 1.53. The quantitative estimate of drug-likeness (QED) is 0.836.